The molecule has 1 aliphatic rings. The second kappa shape index (κ2) is 3.88. The van der Waals surface area contributed by atoms with Crippen LogP contribution >= 0.6 is 0 Å². The normalized spacial score (nSPS) is 33.1. The first-order valence-corrected chi connectivity index (χ1v) is 6.54. The summed E-state index contributed by atoms with van der Waals surface area (Å²) in [5, 5.41) is 8.40. The quantitative estimate of drug-likeness (QED) is 0.767. The summed E-state index contributed by atoms with van der Waals surface area (Å²) in [5.74, 6) is -1.28. The van der Waals surface area contributed by atoms with Crippen LogP contribution in [0.15, 0.2) is 0 Å². The number of sulfone groups is 1. The molecule has 1 saturated carbocycles. The van der Waals surface area contributed by atoms with Gasteiger partial charge in [0.25, 0.3) is 0 Å². The van der Waals surface area contributed by atoms with Crippen molar-refractivity contribution in [2.24, 2.45) is 11.8 Å². The number of hydrogen-bond acceptors (Lipinski definition) is 3. The summed E-state index contributed by atoms with van der Waals surface area (Å²) < 4.78 is 23.0. The third-order valence-electron chi connectivity index (χ3n) is 3.07. The van der Waals surface area contributed by atoms with Gasteiger partial charge < -0.3 is 5.11 Å². The van der Waals surface area contributed by atoms with Gasteiger partial charge in [0.15, 0.2) is 9.84 Å². The zero-order valence-corrected chi connectivity index (χ0v) is 9.25. The minimum atomic E-state index is -3.06. The molecule has 0 aliphatic heterocycles. The molecule has 0 radical (unpaired) electrons. The lowest BCUT2D eigenvalue weighted by atomic mass is 9.99. The maximum absolute atomic E-state index is 11.5. The molecule has 0 spiro atoms. The van der Waals surface area contributed by atoms with Crippen molar-refractivity contribution in [3.63, 3.8) is 0 Å². The minimum Gasteiger partial charge on any atom is -0.481 e. The van der Waals surface area contributed by atoms with Crippen LogP contribution in [0, 0.1) is 11.8 Å². The smallest absolute Gasteiger partial charge is 0.306 e. The molecule has 82 valence electrons. The van der Waals surface area contributed by atoms with Gasteiger partial charge in [0.05, 0.1) is 11.2 Å². The Morgan fingerprint density at radius 1 is 1.43 bits per heavy atom. The fourth-order valence-electron chi connectivity index (χ4n) is 2.06. The third kappa shape index (κ3) is 2.08. The van der Waals surface area contributed by atoms with Crippen LogP contribution in [0.25, 0.3) is 0 Å². The Morgan fingerprint density at radius 3 is 2.36 bits per heavy atom. The largest absolute Gasteiger partial charge is 0.481 e. The van der Waals surface area contributed by atoms with Crippen LogP contribution in [0.2, 0.25) is 0 Å². The lowest BCUT2D eigenvalue weighted by Gasteiger charge is -2.08. The van der Waals surface area contributed by atoms with Gasteiger partial charge in [-0.05, 0) is 18.8 Å². The Kier molecular flexibility index (Phi) is 3.19. The minimum absolute atomic E-state index is 0.0289. The number of rotatable bonds is 3. The second-order valence-electron chi connectivity index (χ2n) is 3.97. The third-order valence-corrected chi connectivity index (χ3v) is 5.27. The Morgan fingerprint density at radius 2 is 2.00 bits per heavy atom. The molecule has 0 heterocycles. The molecule has 0 saturated heterocycles. The number of aliphatic carboxylic acids is 1. The molecule has 4 nitrogen and oxygen atoms in total. The molecule has 3 atom stereocenters. The SMILES string of the molecule is CCS(=O)(=O)[C@H]1C[C@H](C(=O)O)[C@@H](C)C1. The highest BCUT2D eigenvalue weighted by Crippen LogP contribution is 2.35. The fourth-order valence-corrected chi connectivity index (χ4v) is 3.63. The second-order valence-corrected chi connectivity index (χ2v) is 6.54. The molecular weight excluding hydrogens is 204 g/mol. The summed E-state index contributed by atoms with van der Waals surface area (Å²) in [5.41, 5.74) is 0. The summed E-state index contributed by atoms with van der Waals surface area (Å²) in [6, 6.07) is 0. The van der Waals surface area contributed by atoms with E-state index in [0.717, 1.165) is 0 Å². The van der Waals surface area contributed by atoms with E-state index in [0.29, 0.717) is 6.42 Å². The zero-order chi connectivity index (χ0) is 10.9. The summed E-state index contributed by atoms with van der Waals surface area (Å²) in [4.78, 5) is 10.8. The molecular formula is C9H16O4S. The molecule has 0 bridgehead atoms. The van der Waals surface area contributed by atoms with Gasteiger partial charge in [0, 0.05) is 5.75 Å². The van der Waals surface area contributed by atoms with E-state index in [9.17, 15) is 13.2 Å². The highest BCUT2D eigenvalue weighted by Gasteiger charge is 2.41. The average Bonchev–Trinajstić information content (AvgIpc) is 2.48. The van der Waals surface area contributed by atoms with Crippen molar-refractivity contribution < 1.29 is 18.3 Å². The summed E-state index contributed by atoms with van der Waals surface area (Å²) in [6.45, 7) is 3.41. The number of carbonyl (C=O) groups is 1. The van der Waals surface area contributed by atoms with Crippen molar-refractivity contribution in [2.75, 3.05) is 5.75 Å². The Balaban J connectivity index is 2.78. The predicted octanol–water partition coefficient (Wildman–Crippen LogP) is 0.920. The van der Waals surface area contributed by atoms with Gasteiger partial charge in [-0.1, -0.05) is 13.8 Å². The van der Waals surface area contributed by atoms with Gasteiger partial charge in [-0.2, -0.15) is 0 Å². The van der Waals surface area contributed by atoms with Gasteiger partial charge >= 0.3 is 5.97 Å². The summed E-state index contributed by atoms with van der Waals surface area (Å²) in [7, 11) is -3.06. The Bertz CT molecular complexity index is 320. The van der Waals surface area contributed by atoms with Crippen molar-refractivity contribution in [1.82, 2.24) is 0 Å². The molecule has 0 amide bonds. The van der Waals surface area contributed by atoms with Gasteiger partial charge in [-0.3, -0.25) is 4.79 Å². The zero-order valence-electron chi connectivity index (χ0n) is 8.43. The first-order chi connectivity index (χ1) is 6.38. The van der Waals surface area contributed by atoms with E-state index in [1.54, 1.807) is 6.92 Å². The van der Waals surface area contributed by atoms with Crippen LogP contribution < -0.4 is 0 Å². The van der Waals surface area contributed by atoms with Crippen LogP contribution in [0.1, 0.15) is 26.7 Å². The topological polar surface area (TPSA) is 71.4 Å². The van der Waals surface area contributed by atoms with E-state index < -0.39 is 27.0 Å². The number of hydrogen-bond donors (Lipinski definition) is 1. The fraction of sp³-hybridized carbons (Fsp3) is 0.889. The number of carboxylic acids is 1. The summed E-state index contributed by atoms with van der Waals surface area (Å²) in [6.07, 6.45) is 0.778. The van der Waals surface area contributed by atoms with E-state index in [1.165, 1.54) is 0 Å². The van der Waals surface area contributed by atoms with Crippen molar-refractivity contribution in [3.05, 3.63) is 0 Å². The molecule has 0 aromatic carbocycles. The molecule has 1 fully saturated rings. The van der Waals surface area contributed by atoms with Crippen LogP contribution in [-0.4, -0.2) is 30.5 Å². The molecule has 1 rings (SSSR count). The van der Waals surface area contributed by atoms with Crippen LogP contribution in [0.4, 0.5) is 0 Å². The van der Waals surface area contributed by atoms with Gasteiger partial charge in [-0.15, -0.1) is 0 Å². The molecule has 5 heteroatoms. The molecule has 1 aliphatic carbocycles. The van der Waals surface area contributed by atoms with Gasteiger partial charge in [-0.25, -0.2) is 8.42 Å². The van der Waals surface area contributed by atoms with Crippen LogP contribution in [0.5, 0.6) is 0 Å². The highest BCUT2D eigenvalue weighted by atomic mass is 32.2. The predicted molar refractivity (Wildman–Crippen MR) is 52.8 cm³/mol. The first kappa shape index (κ1) is 11.5. The standard InChI is InChI=1S/C9H16O4S/c1-3-14(12,13)7-4-6(2)8(5-7)9(10)11/h6-8H,3-5H2,1-2H3,(H,10,11)/t6-,7+,8-/m0/s1. The van der Waals surface area contributed by atoms with E-state index in [-0.39, 0.29) is 18.1 Å². The molecule has 0 aromatic heterocycles. The van der Waals surface area contributed by atoms with Gasteiger partial charge in [0.2, 0.25) is 0 Å². The van der Waals surface area contributed by atoms with Crippen LogP contribution in [0.3, 0.4) is 0 Å². The average molecular weight is 220 g/mol. The molecule has 0 unspecified atom stereocenters. The number of carboxylic acid groups (broad SMARTS) is 1. The maximum atomic E-state index is 11.5. The van der Waals surface area contributed by atoms with Crippen LogP contribution in [-0.2, 0) is 14.6 Å². The van der Waals surface area contributed by atoms with E-state index in [2.05, 4.69) is 0 Å². The van der Waals surface area contributed by atoms with Gasteiger partial charge in [0.1, 0.15) is 0 Å². The van der Waals surface area contributed by atoms with E-state index in [1.807, 2.05) is 6.92 Å². The van der Waals surface area contributed by atoms with Crippen molar-refractivity contribution in [2.45, 2.75) is 31.9 Å². The lowest BCUT2D eigenvalue weighted by molar-refractivity contribution is -0.142. The van der Waals surface area contributed by atoms with Crippen molar-refractivity contribution in [3.8, 4) is 0 Å². The monoisotopic (exact) mass is 220 g/mol. The Labute approximate surface area is 84.2 Å². The molecule has 1 N–H and O–H groups in total. The lowest BCUT2D eigenvalue weighted by Crippen LogP contribution is -2.21. The summed E-state index contributed by atoms with van der Waals surface area (Å²) >= 11 is 0. The highest BCUT2D eigenvalue weighted by molar-refractivity contribution is 7.92. The molecule has 14 heavy (non-hydrogen) atoms. The maximum Gasteiger partial charge on any atom is 0.306 e. The first-order valence-electron chi connectivity index (χ1n) is 4.82. The molecule has 0 aromatic rings. The van der Waals surface area contributed by atoms with Crippen molar-refractivity contribution >= 4 is 15.8 Å². The van der Waals surface area contributed by atoms with Crippen molar-refractivity contribution in [1.29, 1.82) is 0 Å². The van der Waals surface area contributed by atoms with E-state index >= 15 is 0 Å². The van der Waals surface area contributed by atoms with E-state index in [4.69, 9.17) is 5.11 Å². The Hall–Kier alpha value is -0.580.